The van der Waals surface area contributed by atoms with Crippen LogP contribution in [-0.4, -0.2) is 23.4 Å². The van der Waals surface area contributed by atoms with Crippen molar-refractivity contribution in [2.45, 2.75) is 24.8 Å². The summed E-state index contributed by atoms with van der Waals surface area (Å²) in [6.45, 7) is 6.95. The number of urea groups is 1. The lowest BCUT2D eigenvalue weighted by Gasteiger charge is -2.32. The van der Waals surface area contributed by atoms with Gasteiger partial charge in [0.05, 0.1) is 6.57 Å². The summed E-state index contributed by atoms with van der Waals surface area (Å²) in [6.07, 6.45) is 1.59. The van der Waals surface area contributed by atoms with Crippen LogP contribution in [0.5, 0.6) is 0 Å². The number of rotatable bonds is 2. The van der Waals surface area contributed by atoms with Gasteiger partial charge in [-0.3, -0.25) is 14.9 Å². The monoisotopic (exact) mass is 360 g/mol. The number of imide groups is 1. The fraction of sp³-hybridized carbons (Fsp3) is 0.200. The SMILES string of the molecule is [C-]#[N+]c1ccc(C(=O)Nc2ccc3c(c2)CCC2(C3)NC(=O)NC2=O)cc1. The highest BCUT2D eigenvalue weighted by molar-refractivity contribution is 6.07. The Kier molecular flexibility index (Phi) is 3.89. The Morgan fingerprint density at radius 2 is 1.89 bits per heavy atom. The van der Waals surface area contributed by atoms with Gasteiger partial charge in [-0.25, -0.2) is 9.64 Å². The third-order valence-corrected chi connectivity index (χ3v) is 5.05. The second-order valence-corrected chi connectivity index (χ2v) is 6.76. The molecule has 0 saturated carbocycles. The number of benzene rings is 2. The minimum Gasteiger partial charge on any atom is -0.323 e. The highest BCUT2D eigenvalue weighted by atomic mass is 16.2. The number of aryl methyl sites for hydroxylation is 1. The molecule has 1 aliphatic heterocycles. The van der Waals surface area contributed by atoms with Crippen molar-refractivity contribution in [1.29, 1.82) is 0 Å². The molecule has 1 saturated heterocycles. The van der Waals surface area contributed by atoms with E-state index >= 15 is 0 Å². The van der Waals surface area contributed by atoms with Gasteiger partial charge in [-0.15, -0.1) is 0 Å². The molecular formula is C20H16N4O3. The molecule has 7 nitrogen and oxygen atoms in total. The van der Waals surface area contributed by atoms with Gasteiger partial charge >= 0.3 is 6.03 Å². The Balaban J connectivity index is 1.51. The number of nitrogens with zero attached hydrogens (tertiary/aromatic N) is 1. The van der Waals surface area contributed by atoms with Crippen molar-refractivity contribution in [3.63, 3.8) is 0 Å². The first-order valence-electron chi connectivity index (χ1n) is 8.53. The van der Waals surface area contributed by atoms with Crippen LogP contribution in [0.15, 0.2) is 42.5 Å². The van der Waals surface area contributed by atoms with Gasteiger partial charge < -0.3 is 10.6 Å². The van der Waals surface area contributed by atoms with E-state index in [1.807, 2.05) is 12.1 Å². The maximum Gasteiger partial charge on any atom is 0.322 e. The highest BCUT2D eigenvalue weighted by Crippen LogP contribution is 2.32. The predicted molar refractivity (Wildman–Crippen MR) is 98.5 cm³/mol. The van der Waals surface area contributed by atoms with Crippen molar-refractivity contribution in [2.24, 2.45) is 0 Å². The van der Waals surface area contributed by atoms with Gasteiger partial charge in [0.1, 0.15) is 5.54 Å². The van der Waals surface area contributed by atoms with Gasteiger partial charge in [0.15, 0.2) is 5.69 Å². The van der Waals surface area contributed by atoms with E-state index in [0.717, 1.165) is 11.1 Å². The van der Waals surface area contributed by atoms with Crippen LogP contribution in [0, 0.1) is 6.57 Å². The quantitative estimate of drug-likeness (QED) is 0.568. The Morgan fingerprint density at radius 3 is 2.56 bits per heavy atom. The summed E-state index contributed by atoms with van der Waals surface area (Å²) in [7, 11) is 0. The molecule has 2 aromatic carbocycles. The lowest BCUT2D eigenvalue weighted by atomic mass is 9.78. The summed E-state index contributed by atoms with van der Waals surface area (Å²) < 4.78 is 0. The van der Waals surface area contributed by atoms with Crippen molar-refractivity contribution in [3.05, 3.63) is 70.6 Å². The summed E-state index contributed by atoms with van der Waals surface area (Å²) in [6, 6.07) is 11.6. The molecular weight excluding hydrogens is 344 g/mol. The molecule has 0 radical (unpaired) electrons. The number of amides is 4. The highest BCUT2D eigenvalue weighted by Gasteiger charge is 2.47. The number of anilines is 1. The molecule has 4 rings (SSSR count). The summed E-state index contributed by atoms with van der Waals surface area (Å²) in [4.78, 5) is 39.3. The van der Waals surface area contributed by atoms with Crippen LogP contribution in [0.2, 0.25) is 0 Å². The number of carbonyl (C=O) groups is 3. The van der Waals surface area contributed by atoms with E-state index in [0.29, 0.717) is 36.2 Å². The molecule has 1 heterocycles. The van der Waals surface area contributed by atoms with Gasteiger partial charge in [-0.05, 0) is 36.1 Å². The number of nitrogens with one attached hydrogen (secondary N) is 3. The van der Waals surface area contributed by atoms with Crippen LogP contribution in [-0.2, 0) is 17.6 Å². The zero-order valence-electron chi connectivity index (χ0n) is 14.3. The van der Waals surface area contributed by atoms with Crippen molar-refractivity contribution in [2.75, 3.05) is 5.32 Å². The average molecular weight is 360 g/mol. The first-order chi connectivity index (χ1) is 13.0. The van der Waals surface area contributed by atoms with Crippen molar-refractivity contribution >= 4 is 29.2 Å². The van der Waals surface area contributed by atoms with E-state index < -0.39 is 11.6 Å². The largest absolute Gasteiger partial charge is 0.323 e. The maximum atomic E-state index is 12.4. The zero-order valence-corrected chi connectivity index (χ0v) is 14.3. The normalized spacial score (nSPS) is 20.4. The average Bonchev–Trinajstić information content (AvgIpc) is 2.94. The van der Waals surface area contributed by atoms with E-state index in [1.165, 1.54) is 0 Å². The molecule has 0 aromatic heterocycles. The molecule has 3 N–H and O–H groups in total. The van der Waals surface area contributed by atoms with Crippen molar-refractivity contribution < 1.29 is 14.4 Å². The van der Waals surface area contributed by atoms with Crippen molar-refractivity contribution in [3.8, 4) is 0 Å². The molecule has 2 aliphatic rings. The van der Waals surface area contributed by atoms with E-state index in [9.17, 15) is 14.4 Å². The number of fused-ring (bicyclic) bond motifs is 1. The summed E-state index contributed by atoms with van der Waals surface area (Å²) in [5, 5.41) is 7.91. The second kappa shape index (κ2) is 6.25. The van der Waals surface area contributed by atoms with Gasteiger partial charge in [-0.1, -0.05) is 30.3 Å². The van der Waals surface area contributed by atoms with Crippen LogP contribution < -0.4 is 16.0 Å². The van der Waals surface area contributed by atoms with Crippen LogP contribution in [0.3, 0.4) is 0 Å². The first kappa shape index (κ1) is 16.8. The number of carbonyl (C=O) groups excluding carboxylic acids is 3. The standard InChI is InChI=1S/C20H16N4O3/c1-21-15-5-2-12(3-6-15)17(25)22-16-7-4-14-11-20(9-8-13(14)10-16)18(26)23-19(27)24-20/h2-7,10H,8-9,11H2,(H,22,25)(H2,23,24,26,27). The third kappa shape index (κ3) is 3.02. The Hall–Kier alpha value is -3.66. The van der Waals surface area contributed by atoms with Crippen LogP contribution in [0.25, 0.3) is 4.85 Å². The Bertz CT molecular complexity index is 1010. The molecule has 4 amide bonds. The van der Waals surface area contributed by atoms with Gasteiger partial charge in [0.25, 0.3) is 11.8 Å². The Labute approximate surface area is 155 Å². The molecule has 134 valence electrons. The molecule has 1 spiro atoms. The molecule has 0 bridgehead atoms. The zero-order chi connectivity index (χ0) is 19.0. The molecule has 1 unspecified atom stereocenters. The van der Waals surface area contributed by atoms with E-state index in [2.05, 4.69) is 20.8 Å². The van der Waals surface area contributed by atoms with E-state index in [1.54, 1.807) is 30.3 Å². The maximum absolute atomic E-state index is 12.4. The van der Waals surface area contributed by atoms with Gasteiger partial charge in [0, 0.05) is 17.7 Å². The molecule has 7 heteroatoms. The van der Waals surface area contributed by atoms with Gasteiger partial charge in [0.2, 0.25) is 0 Å². The smallest absolute Gasteiger partial charge is 0.322 e. The minimum atomic E-state index is -0.862. The number of hydrogen-bond donors (Lipinski definition) is 3. The van der Waals surface area contributed by atoms with Crippen LogP contribution >= 0.6 is 0 Å². The third-order valence-electron chi connectivity index (χ3n) is 5.05. The second-order valence-electron chi connectivity index (χ2n) is 6.76. The summed E-state index contributed by atoms with van der Waals surface area (Å²) in [5.41, 5.74) is 2.80. The fourth-order valence-corrected chi connectivity index (χ4v) is 3.59. The first-order valence-corrected chi connectivity index (χ1v) is 8.53. The van der Waals surface area contributed by atoms with Gasteiger partial charge in [-0.2, -0.15) is 0 Å². The Morgan fingerprint density at radius 1 is 1.11 bits per heavy atom. The van der Waals surface area contributed by atoms with E-state index in [4.69, 9.17) is 6.57 Å². The topological polar surface area (TPSA) is 91.7 Å². The lowest BCUT2D eigenvalue weighted by Crippen LogP contribution is -2.51. The lowest BCUT2D eigenvalue weighted by molar-refractivity contribution is -0.124. The van der Waals surface area contributed by atoms with E-state index in [-0.39, 0.29) is 11.8 Å². The predicted octanol–water partition coefficient (Wildman–Crippen LogP) is 2.56. The number of hydrogen-bond acceptors (Lipinski definition) is 3. The minimum absolute atomic E-state index is 0.249. The molecule has 1 atom stereocenters. The van der Waals surface area contributed by atoms with Crippen molar-refractivity contribution in [1.82, 2.24) is 10.6 Å². The summed E-state index contributed by atoms with van der Waals surface area (Å²) in [5.74, 6) is -0.528. The molecule has 27 heavy (non-hydrogen) atoms. The summed E-state index contributed by atoms with van der Waals surface area (Å²) >= 11 is 0. The van der Waals surface area contributed by atoms with Crippen LogP contribution in [0.1, 0.15) is 27.9 Å². The van der Waals surface area contributed by atoms with Crippen LogP contribution in [0.4, 0.5) is 16.2 Å². The fourth-order valence-electron chi connectivity index (χ4n) is 3.59. The molecule has 1 fully saturated rings. The molecule has 1 aliphatic carbocycles. The molecule has 2 aromatic rings.